The van der Waals surface area contributed by atoms with Crippen LogP contribution in [0.3, 0.4) is 0 Å². The zero-order valence-electron chi connectivity index (χ0n) is 15.8. The molecule has 0 aliphatic carbocycles. The molecule has 2 heterocycles. The van der Waals surface area contributed by atoms with Crippen molar-refractivity contribution in [1.29, 1.82) is 0 Å². The van der Waals surface area contributed by atoms with Gasteiger partial charge in [0.25, 0.3) is 0 Å². The van der Waals surface area contributed by atoms with Crippen molar-refractivity contribution in [3.63, 3.8) is 0 Å². The Balaban J connectivity index is 1.43. The van der Waals surface area contributed by atoms with E-state index >= 15 is 0 Å². The molecule has 29 heavy (non-hydrogen) atoms. The Morgan fingerprint density at radius 2 is 1.90 bits per heavy atom. The van der Waals surface area contributed by atoms with Crippen molar-refractivity contribution in [1.82, 2.24) is 14.6 Å². The summed E-state index contributed by atoms with van der Waals surface area (Å²) >= 11 is 6.30. The summed E-state index contributed by atoms with van der Waals surface area (Å²) in [7, 11) is 0. The van der Waals surface area contributed by atoms with E-state index in [0.29, 0.717) is 37.1 Å². The molecule has 0 spiro atoms. The van der Waals surface area contributed by atoms with E-state index in [1.165, 1.54) is 4.57 Å². The van der Waals surface area contributed by atoms with Gasteiger partial charge < -0.3 is 9.84 Å². The van der Waals surface area contributed by atoms with Crippen molar-refractivity contribution in [3.8, 4) is 11.4 Å². The number of β-amino-alcohol motifs (C(OH)–C–C–N with tert-alkyl or cyclic N) is 1. The fourth-order valence-corrected chi connectivity index (χ4v) is 3.84. The average Bonchev–Trinajstić information content (AvgIpc) is 3.09. The first-order valence-electron chi connectivity index (χ1n) is 9.50. The predicted molar refractivity (Wildman–Crippen MR) is 109 cm³/mol. The van der Waals surface area contributed by atoms with Gasteiger partial charge in [0.05, 0.1) is 25.4 Å². The van der Waals surface area contributed by atoms with Crippen LogP contribution in [0.5, 0.6) is 0 Å². The number of aliphatic hydroxyl groups excluding tert-OH is 1. The summed E-state index contributed by atoms with van der Waals surface area (Å²) in [5.41, 5.74) is 1.70. The van der Waals surface area contributed by atoms with Gasteiger partial charge in [0.2, 0.25) is 0 Å². The topological polar surface area (TPSA) is 80.7 Å². The van der Waals surface area contributed by atoms with E-state index < -0.39 is 11.9 Å². The smallest absolute Gasteiger partial charge is 0.390 e. The first-order chi connectivity index (χ1) is 14.1. The fourth-order valence-electron chi connectivity index (χ4n) is 3.58. The van der Waals surface area contributed by atoms with Crippen LogP contribution in [0.1, 0.15) is 11.7 Å². The van der Waals surface area contributed by atoms with Gasteiger partial charge in [-0.25, -0.2) is 4.79 Å². The first kappa shape index (κ1) is 19.8. The van der Waals surface area contributed by atoms with E-state index in [0.717, 1.165) is 11.1 Å². The summed E-state index contributed by atoms with van der Waals surface area (Å²) in [5, 5.41) is 15.2. The Morgan fingerprint density at radius 3 is 2.69 bits per heavy atom. The number of ether oxygens (including phenoxy) is 1. The maximum atomic E-state index is 12.1. The second-order valence-corrected chi connectivity index (χ2v) is 7.45. The number of hydrogen-bond donors (Lipinski definition) is 1. The molecule has 1 aromatic heterocycles. The number of aromatic nitrogens is 2. The van der Waals surface area contributed by atoms with Crippen LogP contribution in [0.4, 0.5) is 0 Å². The second kappa shape index (κ2) is 8.92. The van der Waals surface area contributed by atoms with Crippen LogP contribution in [0.25, 0.3) is 11.4 Å². The van der Waals surface area contributed by atoms with E-state index in [9.17, 15) is 9.90 Å². The summed E-state index contributed by atoms with van der Waals surface area (Å²) < 4.78 is 12.1. The molecule has 1 N–H and O–H groups in total. The van der Waals surface area contributed by atoms with Gasteiger partial charge in [0, 0.05) is 35.8 Å². The number of halogens is 1. The molecule has 8 heteroatoms. The van der Waals surface area contributed by atoms with Crippen LogP contribution in [0, 0.1) is 0 Å². The summed E-state index contributed by atoms with van der Waals surface area (Å²) in [6, 6.07) is 16.9. The molecule has 2 unspecified atom stereocenters. The number of rotatable bonds is 6. The zero-order chi connectivity index (χ0) is 20.2. The monoisotopic (exact) mass is 415 g/mol. The molecule has 0 saturated carbocycles. The van der Waals surface area contributed by atoms with E-state index in [2.05, 4.69) is 10.1 Å². The third kappa shape index (κ3) is 4.59. The largest absolute Gasteiger partial charge is 0.441 e. The molecule has 2 atom stereocenters. The lowest BCUT2D eigenvalue weighted by atomic mass is 10.1. The second-order valence-electron chi connectivity index (χ2n) is 7.04. The Hall–Kier alpha value is -2.45. The maximum Gasteiger partial charge on any atom is 0.441 e. The molecular weight excluding hydrogens is 394 g/mol. The zero-order valence-corrected chi connectivity index (χ0v) is 16.5. The third-order valence-electron chi connectivity index (χ3n) is 4.98. The van der Waals surface area contributed by atoms with Gasteiger partial charge in [0.1, 0.15) is 0 Å². The minimum Gasteiger partial charge on any atom is -0.390 e. The van der Waals surface area contributed by atoms with Gasteiger partial charge in [-0.2, -0.15) is 0 Å². The van der Waals surface area contributed by atoms with Crippen molar-refractivity contribution >= 4 is 11.6 Å². The molecule has 7 nitrogen and oxygen atoms in total. The highest BCUT2D eigenvalue weighted by atomic mass is 35.5. The normalized spacial score (nSPS) is 18.6. The van der Waals surface area contributed by atoms with Gasteiger partial charge >= 0.3 is 5.76 Å². The Kier molecular flexibility index (Phi) is 6.10. The number of morpholine rings is 1. The highest BCUT2D eigenvalue weighted by Crippen LogP contribution is 2.28. The van der Waals surface area contributed by atoms with Crippen LogP contribution in [0.15, 0.2) is 63.9 Å². The molecule has 3 aromatic rings. The Morgan fingerprint density at radius 1 is 1.14 bits per heavy atom. The van der Waals surface area contributed by atoms with E-state index in [-0.39, 0.29) is 12.6 Å². The molecular formula is C21H22ClN3O4. The van der Waals surface area contributed by atoms with Crippen LogP contribution in [-0.4, -0.2) is 52.1 Å². The maximum absolute atomic E-state index is 12.1. The van der Waals surface area contributed by atoms with Crippen LogP contribution in [0.2, 0.25) is 5.02 Å². The molecule has 0 amide bonds. The number of aliphatic hydroxyl groups is 1. The van der Waals surface area contributed by atoms with Gasteiger partial charge in [-0.3, -0.25) is 14.0 Å². The lowest BCUT2D eigenvalue weighted by Gasteiger charge is -2.34. The van der Waals surface area contributed by atoms with Gasteiger partial charge in [0.15, 0.2) is 5.82 Å². The third-order valence-corrected chi connectivity index (χ3v) is 5.33. The predicted octanol–water partition coefficient (Wildman–Crippen LogP) is 2.59. The Labute approximate surface area is 173 Å². The summed E-state index contributed by atoms with van der Waals surface area (Å²) in [6.07, 6.45) is -0.914. The average molecular weight is 416 g/mol. The lowest BCUT2D eigenvalue weighted by Crippen LogP contribution is -2.43. The van der Waals surface area contributed by atoms with Gasteiger partial charge in [-0.1, -0.05) is 65.3 Å². The van der Waals surface area contributed by atoms with E-state index in [1.54, 1.807) is 0 Å². The number of benzene rings is 2. The highest BCUT2D eigenvalue weighted by molar-refractivity contribution is 6.31. The van der Waals surface area contributed by atoms with Crippen molar-refractivity contribution in [2.24, 2.45) is 0 Å². The molecule has 152 valence electrons. The van der Waals surface area contributed by atoms with Crippen LogP contribution in [-0.2, 0) is 11.3 Å². The SMILES string of the molecule is O=c1onc(-c2ccccc2)n1CC(O)CN1CCOC(c2ccccc2Cl)C1. The summed E-state index contributed by atoms with van der Waals surface area (Å²) in [4.78, 5) is 14.2. The summed E-state index contributed by atoms with van der Waals surface area (Å²) in [5.74, 6) is -0.176. The number of nitrogens with zero attached hydrogens (tertiary/aromatic N) is 3. The van der Waals surface area contributed by atoms with Gasteiger partial charge in [-0.15, -0.1) is 0 Å². The fraction of sp³-hybridized carbons (Fsp3) is 0.333. The highest BCUT2D eigenvalue weighted by Gasteiger charge is 2.26. The minimum absolute atomic E-state index is 0.0979. The van der Waals surface area contributed by atoms with Crippen molar-refractivity contribution < 1.29 is 14.4 Å². The van der Waals surface area contributed by atoms with Crippen molar-refractivity contribution in [3.05, 3.63) is 75.7 Å². The van der Waals surface area contributed by atoms with Gasteiger partial charge in [-0.05, 0) is 6.07 Å². The molecule has 1 aliphatic rings. The van der Waals surface area contributed by atoms with Crippen molar-refractivity contribution in [2.75, 3.05) is 26.2 Å². The summed E-state index contributed by atoms with van der Waals surface area (Å²) in [6.45, 7) is 2.36. The molecule has 1 saturated heterocycles. The minimum atomic E-state index is -0.764. The lowest BCUT2D eigenvalue weighted by molar-refractivity contribution is -0.0435. The van der Waals surface area contributed by atoms with Crippen molar-refractivity contribution in [2.45, 2.75) is 18.8 Å². The molecule has 1 aliphatic heterocycles. The van der Waals surface area contributed by atoms with Crippen LogP contribution >= 0.6 is 11.6 Å². The van der Waals surface area contributed by atoms with Crippen LogP contribution < -0.4 is 5.76 Å². The first-order valence-corrected chi connectivity index (χ1v) is 9.88. The molecule has 0 bridgehead atoms. The number of hydrogen-bond acceptors (Lipinski definition) is 6. The molecule has 0 radical (unpaired) electrons. The molecule has 2 aromatic carbocycles. The quantitative estimate of drug-likeness (QED) is 0.666. The standard InChI is InChI=1S/C21H22ClN3O4/c22-18-9-5-4-8-17(18)19-14-24(10-11-28-19)12-16(26)13-25-20(23-29-21(25)27)15-6-2-1-3-7-15/h1-9,16,19,26H,10-14H2. The Bertz CT molecular complexity index is 1000. The van der Waals surface area contributed by atoms with E-state index in [1.807, 2.05) is 54.6 Å². The van der Waals surface area contributed by atoms with E-state index in [4.69, 9.17) is 20.9 Å². The molecule has 4 rings (SSSR count). The molecule has 1 fully saturated rings.